The van der Waals surface area contributed by atoms with Crippen molar-refractivity contribution in [1.29, 1.82) is 0 Å². The topological polar surface area (TPSA) is 42.4 Å². The van der Waals surface area contributed by atoms with Gasteiger partial charge in [-0.1, -0.05) is 0 Å². The maximum absolute atomic E-state index is 11.5. The Morgan fingerprint density at radius 2 is 2.37 bits per heavy atom. The number of thiophene rings is 1. The highest BCUT2D eigenvalue weighted by atomic mass is 32.1. The fourth-order valence-corrected chi connectivity index (χ4v) is 3.17. The Bertz CT molecular complexity index is 609. The van der Waals surface area contributed by atoms with Crippen LogP contribution in [0.15, 0.2) is 29.8 Å². The van der Waals surface area contributed by atoms with Crippen molar-refractivity contribution in [3.63, 3.8) is 0 Å². The van der Waals surface area contributed by atoms with Gasteiger partial charge in [0.15, 0.2) is 0 Å². The van der Waals surface area contributed by atoms with E-state index in [-0.39, 0.29) is 5.97 Å². The predicted molar refractivity (Wildman–Crippen MR) is 74.6 cm³/mol. The molecule has 19 heavy (non-hydrogen) atoms. The summed E-state index contributed by atoms with van der Waals surface area (Å²) in [5, 5.41) is 2.13. The molecule has 1 aliphatic heterocycles. The van der Waals surface area contributed by atoms with Crippen LogP contribution in [-0.4, -0.2) is 24.6 Å². The zero-order valence-electron chi connectivity index (χ0n) is 10.6. The number of anilines is 1. The highest BCUT2D eigenvalue weighted by Crippen LogP contribution is 2.27. The van der Waals surface area contributed by atoms with E-state index in [9.17, 15) is 4.79 Å². The number of rotatable bonds is 2. The van der Waals surface area contributed by atoms with E-state index in [1.807, 2.05) is 11.3 Å². The molecule has 3 rings (SSSR count). The highest BCUT2D eigenvalue weighted by molar-refractivity contribution is 7.10. The van der Waals surface area contributed by atoms with Crippen molar-refractivity contribution >= 4 is 23.1 Å². The first-order chi connectivity index (χ1) is 9.28. The fraction of sp³-hybridized carbons (Fsp3) is 0.286. The molecule has 0 aromatic carbocycles. The van der Waals surface area contributed by atoms with Crippen molar-refractivity contribution in [2.45, 2.75) is 13.0 Å². The van der Waals surface area contributed by atoms with Crippen molar-refractivity contribution in [2.24, 2.45) is 0 Å². The number of hydrogen-bond acceptors (Lipinski definition) is 5. The van der Waals surface area contributed by atoms with Crippen LogP contribution in [0, 0.1) is 0 Å². The minimum Gasteiger partial charge on any atom is -0.465 e. The number of carbonyl (C=O) groups excluding carboxylic acids is 1. The van der Waals surface area contributed by atoms with Gasteiger partial charge in [-0.3, -0.25) is 0 Å². The van der Waals surface area contributed by atoms with Crippen LogP contribution in [0.2, 0.25) is 0 Å². The molecule has 2 aromatic rings. The lowest BCUT2D eigenvalue weighted by Gasteiger charge is -2.28. The second-order valence-corrected chi connectivity index (χ2v) is 5.44. The molecule has 0 atom stereocenters. The summed E-state index contributed by atoms with van der Waals surface area (Å²) < 4.78 is 4.74. The molecule has 5 heteroatoms. The summed E-state index contributed by atoms with van der Waals surface area (Å²) in [5.41, 5.74) is 1.91. The maximum atomic E-state index is 11.5. The zero-order valence-corrected chi connectivity index (χ0v) is 11.4. The molecule has 0 amide bonds. The number of pyridine rings is 1. The van der Waals surface area contributed by atoms with Crippen LogP contribution in [0.3, 0.4) is 0 Å². The quantitative estimate of drug-likeness (QED) is 0.789. The maximum Gasteiger partial charge on any atom is 0.338 e. The normalized spacial score (nSPS) is 14.1. The van der Waals surface area contributed by atoms with Gasteiger partial charge in [0.25, 0.3) is 0 Å². The van der Waals surface area contributed by atoms with Gasteiger partial charge in [0.05, 0.1) is 12.7 Å². The molecule has 98 valence electrons. The number of hydrogen-bond donors (Lipinski definition) is 0. The Morgan fingerprint density at radius 1 is 1.47 bits per heavy atom. The Morgan fingerprint density at radius 3 is 3.21 bits per heavy atom. The molecular weight excluding hydrogens is 260 g/mol. The third-order valence-corrected chi connectivity index (χ3v) is 4.32. The number of carbonyl (C=O) groups is 1. The minimum absolute atomic E-state index is 0.322. The lowest BCUT2D eigenvalue weighted by atomic mass is 10.1. The van der Waals surface area contributed by atoms with Crippen LogP contribution in [-0.2, 0) is 17.7 Å². The van der Waals surface area contributed by atoms with Crippen molar-refractivity contribution < 1.29 is 9.53 Å². The van der Waals surface area contributed by atoms with E-state index in [0.717, 1.165) is 25.3 Å². The first kappa shape index (κ1) is 12.2. The fourth-order valence-electron chi connectivity index (χ4n) is 2.28. The number of fused-ring (bicyclic) bond motifs is 1. The second kappa shape index (κ2) is 5.01. The largest absolute Gasteiger partial charge is 0.465 e. The van der Waals surface area contributed by atoms with Crippen LogP contribution in [0.5, 0.6) is 0 Å². The van der Waals surface area contributed by atoms with Crippen molar-refractivity contribution in [1.82, 2.24) is 4.98 Å². The molecule has 0 unspecified atom stereocenters. The smallest absolute Gasteiger partial charge is 0.338 e. The third-order valence-electron chi connectivity index (χ3n) is 3.30. The van der Waals surface area contributed by atoms with Crippen LogP contribution in [0.4, 0.5) is 5.82 Å². The summed E-state index contributed by atoms with van der Waals surface area (Å²) in [6.45, 7) is 1.79. The summed E-state index contributed by atoms with van der Waals surface area (Å²) in [6, 6.07) is 5.63. The van der Waals surface area contributed by atoms with Crippen molar-refractivity contribution in [3.8, 4) is 0 Å². The molecule has 2 aromatic heterocycles. The van der Waals surface area contributed by atoms with Crippen LogP contribution in [0.25, 0.3) is 0 Å². The highest BCUT2D eigenvalue weighted by Gasteiger charge is 2.19. The van der Waals surface area contributed by atoms with Gasteiger partial charge in [-0.2, -0.15) is 0 Å². The van der Waals surface area contributed by atoms with Gasteiger partial charge in [0.2, 0.25) is 0 Å². The molecule has 0 saturated carbocycles. The number of ether oxygens (including phenoxy) is 1. The Kier molecular flexibility index (Phi) is 3.21. The summed E-state index contributed by atoms with van der Waals surface area (Å²) >= 11 is 1.81. The molecule has 0 fully saturated rings. The first-order valence-electron chi connectivity index (χ1n) is 6.12. The molecule has 0 aliphatic carbocycles. The molecule has 4 nitrogen and oxygen atoms in total. The standard InChI is InChI=1S/C14H14N2O2S/c1-18-14(17)10-2-5-15-13(8-10)16-6-3-12-11(9-16)4-7-19-12/h2,4-5,7-8H,3,6,9H2,1H3. The van der Waals surface area contributed by atoms with E-state index < -0.39 is 0 Å². The molecule has 0 N–H and O–H groups in total. The molecule has 0 bridgehead atoms. The summed E-state index contributed by atoms with van der Waals surface area (Å²) in [5.74, 6) is 0.511. The summed E-state index contributed by atoms with van der Waals surface area (Å²) in [4.78, 5) is 19.6. The van der Waals surface area contributed by atoms with Gasteiger partial charge in [-0.05, 0) is 35.6 Å². The summed E-state index contributed by atoms with van der Waals surface area (Å²) in [6.07, 6.45) is 2.70. The Hall–Kier alpha value is -1.88. The number of esters is 1. The molecule has 3 heterocycles. The van der Waals surface area contributed by atoms with Gasteiger partial charge in [-0.25, -0.2) is 9.78 Å². The third kappa shape index (κ3) is 2.33. The predicted octanol–water partition coefficient (Wildman–Crippen LogP) is 2.49. The molecular formula is C14H14N2O2S. The van der Waals surface area contributed by atoms with Crippen LogP contribution < -0.4 is 4.90 Å². The SMILES string of the molecule is COC(=O)c1ccnc(N2CCc3sccc3C2)c1. The van der Waals surface area contributed by atoms with E-state index in [1.54, 1.807) is 18.3 Å². The number of nitrogens with zero attached hydrogens (tertiary/aromatic N) is 2. The van der Waals surface area contributed by atoms with E-state index in [2.05, 4.69) is 21.3 Å². The number of aromatic nitrogens is 1. The molecule has 0 radical (unpaired) electrons. The molecule has 0 saturated heterocycles. The molecule has 0 spiro atoms. The van der Waals surface area contributed by atoms with Crippen molar-refractivity contribution in [3.05, 3.63) is 45.8 Å². The van der Waals surface area contributed by atoms with Crippen LogP contribution in [0.1, 0.15) is 20.8 Å². The van der Waals surface area contributed by atoms with Crippen molar-refractivity contribution in [2.75, 3.05) is 18.6 Å². The van der Waals surface area contributed by atoms with E-state index in [0.29, 0.717) is 5.56 Å². The Labute approximate surface area is 115 Å². The van der Waals surface area contributed by atoms with Gasteiger partial charge >= 0.3 is 5.97 Å². The van der Waals surface area contributed by atoms with E-state index in [4.69, 9.17) is 4.74 Å². The Balaban J connectivity index is 1.85. The lowest BCUT2D eigenvalue weighted by Crippen LogP contribution is -2.30. The van der Waals surface area contributed by atoms with E-state index >= 15 is 0 Å². The van der Waals surface area contributed by atoms with Gasteiger partial charge < -0.3 is 9.64 Å². The molecule has 1 aliphatic rings. The second-order valence-electron chi connectivity index (χ2n) is 4.43. The number of methoxy groups -OCH3 is 1. The average Bonchev–Trinajstić information content (AvgIpc) is 2.94. The van der Waals surface area contributed by atoms with Gasteiger partial charge in [0.1, 0.15) is 5.82 Å². The lowest BCUT2D eigenvalue weighted by molar-refractivity contribution is 0.0600. The van der Waals surface area contributed by atoms with Crippen LogP contribution >= 0.6 is 11.3 Å². The van der Waals surface area contributed by atoms with E-state index in [1.165, 1.54) is 17.6 Å². The minimum atomic E-state index is -0.322. The van der Waals surface area contributed by atoms with Gasteiger partial charge in [-0.15, -0.1) is 11.3 Å². The summed E-state index contributed by atoms with van der Waals surface area (Å²) in [7, 11) is 1.39. The average molecular weight is 274 g/mol. The van der Waals surface area contributed by atoms with Gasteiger partial charge in [0, 0.05) is 24.2 Å². The monoisotopic (exact) mass is 274 g/mol. The zero-order chi connectivity index (χ0) is 13.2. The first-order valence-corrected chi connectivity index (χ1v) is 7.00.